The zero-order valence-corrected chi connectivity index (χ0v) is 17.8. The SMILES string of the molecule is CSCCC(NS(=O)(=O)c1ccc(C)cc1)C(=O)NC1CCc2ccccc21. The van der Waals surface area contributed by atoms with Gasteiger partial charge in [-0.2, -0.15) is 16.5 Å². The summed E-state index contributed by atoms with van der Waals surface area (Å²) >= 11 is 1.59. The van der Waals surface area contributed by atoms with Crippen molar-refractivity contribution in [3.8, 4) is 0 Å². The minimum absolute atomic E-state index is 0.0654. The quantitative estimate of drug-likeness (QED) is 0.690. The first-order valence-electron chi connectivity index (χ1n) is 9.37. The molecule has 0 fully saturated rings. The monoisotopic (exact) mass is 418 g/mol. The van der Waals surface area contributed by atoms with Crippen LogP contribution in [0, 0.1) is 6.92 Å². The van der Waals surface area contributed by atoms with Crippen molar-refractivity contribution in [2.75, 3.05) is 12.0 Å². The molecule has 0 saturated heterocycles. The molecule has 0 saturated carbocycles. The van der Waals surface area contributed by atoms with E-state index in [9.17, 15) is 13.2 Å². The van der Waals surface area contributed by atoms with Crippen molar-refractivity contribution in [2.45, 2.75) is 43.2 Å². The average Bonchev–Trinajstić information content (AvgIpc) is 3.08. The van der Waals surface area contributed by atoms with Gasteiger partial charge in [-0.05, 0) is 61.5 Å². The fourth-order valence-corrected chi connectivity index (χ4v) is 5.13. The standard InChI is InChI=1S/C21H26N2O3S2/c1-15-7-10-17(11-8-15)28(25,26)23-20(13-14-27-2)21(24)22-19-12-9-16-5-3-4-6-18(16)19/h3-8,10-11,19-20,23H,9,12-14H2,1-2H3,(H,22,24). The minimum atomic E-state index is -3.77. The highest BCUT2D eigenvalue weighted by Gasteiger charge is 2.29. The van der Waals surface area contributed by atoms with Crippen LogP contribution in [0.5, 0.6) is 0 Å². The lowest BCUT2D eigenvalue weighted by atomic mass is 10.1. The Morgan fingerprint density at radius 1 is 1.18 bits per heavy atom. The van der Waals surface area contributed by atoms with Gasteiger partial charge in [-0.3, -0.25) is 4.79 Å². The van der Waals surface area contributed by atoms with Crippen molar-refractivity contribution >= 4 is 27.7 Å². The molecule has 1 aliphatic carbocycles. The Morgan fingerprint density at radius 2 is 1.89 bits per heavy atom. The second-order valence-corrected chi connectivity index (χ2v) is 9.77. The molecule has 2 aromatic rings. The number of rotatable bonds is 8. The molecule has 150 valence electrons. The second kappa shape index (κ2) is 9.11. The summed E-state index contributed by atoms with van der Waals surface area (Å²) in [5.74, 6) is 0.418. The molecule has 2 unspecified atom stereocenters. The molecule has 1 amide bonds. The number of nitrogens with one attached hydrogen (secondary N) is 2. The molecule has 5 nitrogen and oxygen atoms in total. The third kappa shape index (κ3) is 4.96. The zero-order valence-electron chi connectivity index (χ0n) is 16.1. The van der Waals surface area contributed by atoms with Gasteiger partial charge in [-0.1, -0.05) is 42.0 Å². The first kappa shape index (κ1) is 20.9. The number of aryl methyl sites for hydroxylation is 2. The fourth-order valence-electron chi connectivity index (χ4n) is 3.43. The Hall–Kier alpha value is -1.83. The van der Waals surface area contributed by atoms with E-state index in [1.54, 1.807) is 36.0 Å². The van der Waals surface area contributed by atoms with Crippen molar-refractivity contribution in [3.05, 3.63) is 65.2 Å². The summed E-state index contributed by atoms with van der Waals surface area (Å²) in [5, 5.41) is 3.05. The van der Waals surface area contributed by atoms with E-state index in [4.69, 9.17) is 0 Å². The summed E-state index contributed by atoms with van der Waals surface area (Å²) < 4.78 is 28.1. The average molecular weight is 419 g/mol. The highest BCUT2D eigenvalue weighted by Crippen LogP contribution is 2.30. The van der Waals surface area contributed by atoms with Crippen LogP contribution in [0.4, 0.5) is 0 Å². The van der Waals surface area contributed by atoms with Crippen molar-refractivity contribution in [2.24, 2.45) is 0 Å². The molecular weight excluding hydrogens is 392 g/mol. The zero-order chi connectivity index (χ0) is 20.1. The third-order valence-electron chi connectivity index (χ3n) is 5.01. The van der Waals surface area contributed by atoms with Crippen molar-refractivity contribution in [1.29, 1.82) is 0 Å². The number of hydrogen-bond donors (Lipinski definition) is 2. The molecule has 0 bridgehead atoms. The van der Waals surface area contributed by atoms with Gasteiger partial charge in [0.1, 0.15) is 6.04 Å². The first-order valence-corrected chi connectivity index (χ1v) is 12.2. The minimum Gasteiger partial charge on any atom is -0.348 e. The van der Waals surface area contributed by atoms with E-state index in [0.717, 1.165) is 24.0 Å². The summed E-state index contributed by atoms with van der Waals surface area (Å²) in [7, 11) is -3.77. The number of thioether (sulfide) groups is 1. The fraction of sp³-hybridized carbons (Fsp3) is 0.381. The molecule has 2 N–H and O–H groups in total. The van der Waals surface area contributed by atoms with Crippen molar-refractivity contribution in [1.82, 2.24) is 10.0 Å². The van der Waals surface area contributed by atoms with Crippen LogP contribution in [0.15, 0.2) is 53.4 Å². The number of carbonyl (C=O) groups excluding carboxylic acids is 1. The van der Waals surface area contributed by atoms with E-state index < -0.39 is 16.1 Å². The molecule has 2 atom stereocenters. The summed E-state index contributed by atoms with van der Waals surface area (Å²) in [6, 6.07) is 13.8. The van der Waals surface area contributed by atoms with Crippen LogP contribution in [0.25, 0.3) is 0 Å². The Kier molecular flexibility index (Phi) is 6.80. The predicted molar refractivity (Wildman–Crippen MR) is 114 cm³/mol. The molecule has 7 heteroatoms. The van der Waals surface area contributed by atoms with Crippen LogP contribution in [-0.4, -0.2) is 32.4 Å². The second-order valence-electron chi connectivity index (χ2n) is 7.07. The van der Waals surface area contributed by atoms with Crippen LogP contribution in [-0.2, 0) is 21.2 Å². The number of fused-ring (bicyclic) bond motifs is 1. The van der Waals surface area contributed by atoms with Crippen LogP contribution < -0.4 is 10.0 Å². The Balaban J connectivity index is 1.74. The van der Waals surface area contributed by atoms with Gasteiger partial charge in [0.2, 0.25) is 15.9 Å². The van der Waals surface area contributed by atoms with Crippen molar-refractivity contribution < 1.29 is 13.2 Å². The first-order chi connectivity index (χ1) is 13.4. The molecule has 0 spiro atoms. The number of amides is 1. The van der Waals surface area contributed by atoms with Crippen LogP contribution in [0.1, 0.15) is 35.6 Å². The number of carbonyl (C=O) groups is 1. The Morgan fingerprint density at radius 3 is 2.61 bits per heavy atom. The van der Waals surface area contributed by atoms with Gasteiger partial charge in [-0.15, -0.1) is 0 Å². The van der Waals surface area contributed by atoms with Gasteiger partial charge < -0.3 is 5.32 Å². The number of hydrogen-bond acceptors (Lipinski definition) is 4. The lowest BCUT2D eigenvalue weighted by Gasteiger charge is -2.21. The number of benzene rings is 2. The molecular formula is C21H26N2O3S2. The molecule has 2 aromatic carbocycles. The molecule has 28 heavy (non-hydrogen) atoms. The highest BCUT2D eigenvalue weighted by molar-refractivity contribution is 7.98. The molecule has 0 radical (unpaired) electrons. The topological polar surface area (TPSA) is 75.3 Å². The molecule has 0 aliphatic heterocycles. The third-order valence-corrected chi connectivity index (χ3v) is 7.14. The summed E-state index contributed by atoms with van der Waals surface area (Å²) in [4.78, 5) is 13.1. The van der Waals surface area contributed by atoms with Crippen LogP contribution in [0.3, 0.4) is 0 Å². The highest BCUT2D eigenvalue weighted by atomic mass is 32.2. The summed E-state index contributed by atoms with van der Waals surface area (Å²) in [6.07, 6.45) is 4.14. The van der Waals surface area contributed by atoms with Gasteiger partial charge in [-0.25, -0.2) is 8.42 Å². The maximum absolute atomic E-state index is 12.9. The van der Waals surface area contributed by atoms with E-state index in [0.29, 0.717) is 12.2 Å². The molecule has 1 aliphatic rings. The summed E-state index contributed by atoms with van der Waals surface area (Å²) in [6.45, 7) is 1.90. The largest absolute Gasteiger partial charge is 0.348 e. The van der Waals surface area contributed by atoms with Gasteiger partial charge >= 0.3 is 0 Å². The van der Waals surface area contributed by atoms with Gasteiger partial charge in [0.15, 0.2) is 0 Å². The van der Waals surface area contributed by atoms with E-state index in [1.807, 2.05) is 31.4 Å². The lowest BCUT2D eigenvalue weighted by molar-refractivity contribution is -0.123. The molecule has 0 heterocycles. The van der Waals surface area contributed by atoms with Gasteiger partial charge in [0.05, 0.1) is 10.9 Å². The smallest absolute Gasteiger partial charge is 0.241 e. The predicted octanol–water partition coefficient (Wildman–Crippen LogP) is 3.20. The maximum Gasteiger partial charge on any atom is 0.241 e. The normalized spacial score (nSPS) is 17.1. The van der Waals surface area contributed by atoms with E-state index in [1.165, 1.54) is 5.56 Å². The van der Waals surface area contributed by atoms with Gasteiger partial charge in [0.25, 0.3) is 0 Å². The molecule has 3 rings (SSSR count). The van der Waals surface area contributed by atoms with E-state index in [2.05, 4.69) is 16.1 Å². The van der Waals surface area contributed by atoms with E-state index in [-0.39, 0.29) is 16.8 Å². The van der Waals surface area contributed by atoms with Crippen molar-refractivity contribution in [3.63, 3.8) is 0 Å². The Labute approximate surface area is 171 Å². The maximum atomic E-state index is 12.9. The lowest BCUT2D eigenvalue weighted by Crippen LogP contribution is -2.47. The summed E-state index contributed by atoms with van der Waals surface area (Å²) in [5.41, 5.74) is 3.35. The molecule has 0 aromatic heterocycles. The van der Waals surface area contributed by atoms with Crippen LogP contribution >= 0.6 is 11.8 Å². The van der Waals surface area contributed by atoms with Gasteiger partial charge in [0, 0.05) is 0 Å². The van der Waals surface area contributed by atoms with E-state index >= 15 is 0 Å². The van der Waals surface area contributed by atoms with Crippen LogP contribution in [0.2, 0.25) is 0 Å². The Bertz CT molecular complexity index is 927. The number of sulfonamides is 1.